The summed E-state index contributed by atoms with van der Waals surface area (Å²) in [6.45, 7) is 11.8. The zero-order chi connectivity index (χ0) is 18.0. The quantitative estimate of drug-likeness (QED) is 0.924. The Morgan fingerprint density at radius 1 is 1.24 bits per heavy atom. The summed E-state index contributed by atoms with van der Waals surface area (Å²) in [5.41, 5.74) is 3.67. The van der Waals surface area contributed by atoms with Gasteiger partial charge in [-0.15, -0.1) is 0 Å². The van der Waals surface area contributed by atoms with E-state index >= 15 is 0 Å². The highest BCUT2D eigenvalue weighted by atomic mass is 16.1. The second kappa shape index (κ2) is 7.52. The van der Waals surface area contributed by atoms with Crippen LogP contribution in [0.2, 0.25) is 0 Å². The fraction of sp³-hybridized carbons (Fsp3) is 0.524. The summed E-state index contributed by atoms with van der Waals surface area (Å²) >= 11 is 0. The Kier molecular flexibility index (Phi) is 5.38. The monoisotopic (exact) mass is 339 g/mol. The van der Waals surface area contributed by atoms with Crippen molar-refractivity contribution < 1.29 is 4.79 Å². The van der Waals surface area contributed by atoms with Gasteiger partial charge in [-0.1, -0.05) is 25.5 Å². The van der Waals surface area contributed by atoms with Crippen molar-refractivity contribution in [1.29, 1.82) is 0 Å². The summed E-state index contributed by atoms with van der Waals surface area (Å²) in [4.78, 5) is 20.0. The first-order valence-corrected chi connectivity index (χ1v) is 9.33. The normalized spacial score (nSPS) is 16.5. The molecular weight excluding hydrogens is 310 g/mol. The number of hydrogen-bond acceptors (Lipinski definition) is 3. The first-order valence-electron chi connectivity index (χ1n) is 9.33. The highest BCUT2D eigenvalue weighted by Gasteiger charge is 2.22. The number of aromatic nitrogens is 1. The Balaban J connectivity index is 1.72. The van der Waals surface area contributed by atoms with Crippen molar-refractivity contribution in [3.8, 4) is 0 Å². The molecule has 1 saturated heterocycles. The fourth-order valence-electron chi connectivity index (χ4n) is 3.70. The van der Waals surface area contributed by atoms with E-state index in [4.69, 9.17) is 0 Å². The SMILES string of the molecule is Cc1ccc2nc(C)cc(C(=O)NC3CCN(CC(C)C)CC3)c2c1. The highest BCUT2D eigenvalue weighted by molar-refractivity contribution is 6.06. The molecule has 134 valence electrons. The molecule has 1 aliphatic heterocycles. The summed E-state index contributed by atoms with van der Waals surface area (Å²) in [5, 5.41) is 4.20. The molecule has 1 amide bonds. The van der Waals surface area contributed by atoms with E-state index in [1.807, 2.05) is 32.0 Å². The highest BCUT2D eigenvalue weighted by Crippen LogP contribution is 2.21. The van der Waals surface area contributed by atoms with Crippen LogP contribution in [0.3, 0.4) is 0 Å². The number of carbonyl (C=O) groups excluding carboxylic acids is 1. The fourth-order valence-corrected chi connectivity index (χ4v) is 3.70. The van der Waals surface area contributed by atoms with Crippen molar-refractivity contribution in [1.82, 2.24) is 15.2 Å². The van der Waals surface area contributed by atoms with E-state index in [9.17, 15) is 4.79 Å². The molecule has 0 radical (unpaired) electrons. The molecule has 0 spiro atoms. The topological polar surface area (TPSA) is 45.2 Å². The van der Waals surface area contributed by atoms with Crippen LogP contribution in [0.15, 0.2) is 24.3 Å². The van der Waals surface area contributed by atoms with Gasteiger partial charge in [-0.05, 0) is 50.8 Å². The Bertz CT molecular complexity index is 761. The van der Waals surface area contributed by atoms with E-state index in [0.717, 1.165) is 60.2 Å². The van der Waals surface area contributed by atoms with Gasteiger partial charge in [0, 0.05) is 36.8 Å². The van der Waals surface area contributed by atoms with Gasteiger partial charge in [0.05, 0.1) is 11.1 Å². The summed E-state index contributed by atoms with van der Waals surface area (Å²) in [7, 11) is 0. The molecule has 0 aliphatic carbocycles. The molecule has 4 nitrogen and oxygen atoms in total. The van der Waals surface area contributed by atoms with Crippen LogP contribution < -0.4 is 5.32 Å². The Hall–Kier alpha value is -1.94. The molecule has 1 aromatic carbocycles. The van der Waals surface area contributed by atoms with E-state index in [-0.39, 0.29) is 11.9 Å². The lowest BCUT2D eigenvalue weighted by atomic mass is 10.0. The molecule has 2 aromatic rings. The maximum absolute atomic E-state index is 12.9. The van der Waals surface area contributed by atoms with Crippen LogP contribution in [0.1, 0.15) is 48.3 Å². The number of carbonyl (C=O) groups is 1. The first-order chi connectivity index (χ1) is 11.9. The predicted molar refractivity (Wildman–Crippen MR) is 103 cm³/mol. The number of nitrogens with one attached hydrogen (secondary N) is 1. The van der Waals surface area contributed by atoms with Crippen molar-refractivity contribution in [2.75, 3.05) is 19.6 Å². The van der Waals surface area contributed by atoms with Gasteiger partial charge in [-0.25, -0.2) is 0 Å². The Labute approximate surface area is 150 Å². The van der Waals surface area contributed by atoms with Crippen molar-refractivity contribution >= 4 is 16.8 Å². The summed E-state index contributed by atoms with van der Waals surface area (Å²) in [6.07, 6.45) is 2.05. The standard InChI is InChI=1S/C21H29N3O/c1-14(2)13-24-9-7-17(8-10-24)23-21(25)19-12-16(4)22-20-6-5-15(3)11-18(19)20/h5-6,11-12,14,17H,7-10,13H2,1-4H3,(H,23,25). The number of hydrogen-bond donors (Lipinski definition) is 1. The third-order valence-corrected chi connectivity index (χ3v) is 4.88. The maximum Gasteiger partial charge on any atom is 0.252 e. The molecule has 0 bridgehead atoms. The Morgan fingerprint density at radius 2 is 1.96 bits per heavy atom. The number of piperidine rings is 1. The number of fused-ring (bicyclic) bond motifs is 1. The van der Waals surface area contributed by atoms with Gasteiger partial charge in [0.2, 0.25) is 0 Å². The molecule has 0 unspecified atom stereocenters. The van der Waals surface area contributed by atoms with Crippen LogP contribution in [0.4, 0.5) is 0 Å². The number of nitrogens with zero attached hydrogens (tertiary/aromatic N) is 2. The van der Waals surface area contributed by atoms with Crippen molar-refractivity contribution in [2.45, 2.75) is 46.6 Å². The molecule has 3 rings (SSSR count). The predicted octanol–water partition coefficient (Wildman–Crippen LogP) is 3.70. The maximum atomic E-state index is 12.9. The van der Waals surface area contributed by atoms with Gasteiger partial charge < -0.3 is 10.2 Å². The molecule has 0 saturated carbocycles. The lowest BCUT2D eigenvalue weighted by molar-refractivity contribution is 0.0909. The van der Waals surface area contributed by atoms with Crippen molar-refractivity contribution in [3.63, 3.8) is 0 Å². The number of rotatable bonds is 4. The zero-order valence-electron chi connectivity index (χ0n) is 15.8. The van der Waals surface area contributed by atoms with Gasteiger partial charge in [0.15, 0.2) is 0 Å². The molecule has 1 aliphatic rings. The number of aryl methyl sites for hydroxylation is 2. The van der Waals surface area contributed by atoms with Crippen LogP contribution in [-0.2, 0) is 0 Å². The molecule has 1 aromatic heterocycles. The smallest absolute Gasteiger partial charge is 0.252 e. The van der Waals surface area contributed by atoms with Crippen LogP contribution in [0.5, 0.6) is 0 Å². The molecule has 1 N–H and O–H groups in total. The van der Waals surface area contributed by atoms with Crippen LogP contribution >= 0.6 is 0 Å². The van der Waals surface area contributed by atoms with Gasteiger partial charge in [0.25, 0.3) is 5.91 Å². The second-order valence-corrected chi connectivity index (χ2v) is 7.77. The van der Waals surface area contributed by atoms with E-state index < -0.39 is 0 Å². The summed E-state index contributed by atoms with van der Waals surface area (Å²) < 4.78 is 0. The first kappa shape index (κ1) is 17.9. The summed E-state index contributed by atoms with van der Waals surface area (Å²) in [5.74, 6) is 0.726. The van der Waals surface area contributed by atoms with Gasteiger partial charge in [-0.3, -0.25) is 9.78 Å². The number of amides is 1. The number of likely N-dealkylation sites (tertiary alicyclic amines) is 1. The zero-order valence-corrected chi connectivity index (χ0v) is 15.8. The van der Waals surface area contributed by atoms with Crippen molar-refractivity contribution in [2.24, 2.45) is 5.92 Å². The summed E-state index contributed by atoms with van der Waals surface area (Å²) in [6, 6.07) is 8.27. The van der Waals surface area contributed by atoms with E-state index in [1.54, 1.807) is 0 Å². The van der Waals surface area contributed by atoms with E-state index in [2.05, 4.69) is 35.1 Å². The minimum absolute atomic E-state index is 0.0309. The lowest BCUT2D eigenvalue weighted by Gasteiger charge is -2.33. The third-order valence-electron chi connectivity index (χ3n) is 4.88. The van der Waals surface area contributed by atoms with Crippen LogP contribution in [0, 0.1) is 19.8 Å². The van der Waals surface area contributed by atoms with Crippen LogP contribution in [0.25, 0.3) is 10.9 Å². The van der Waals surface area contributed by atoms with E-state index in [0.29, 0.717) is 5.92 Å². The molecule has 0 atom stereocenters. The number of pyridine rings is 1. The lowest BCUT2D eigenvalue weighted by Crippen LogP contribution is -2.45. The molecule has 1 fully saturated rings. The minimum Gasteiger partial charge on any atom is -0.349 e. The van der Waals surface area contributed by atoms with Gasteiger partial charge in [0.1, 0.15) is 0 Å². The molecule has 4 heteroatoms. The molecular formula is C21H29N3O. The minimum atomic E-state index is 0.0309. The van der Waals surface area contributed by atoms with Crippen molar-refractivity contribution in [3.05, 3.63) is 41.1 Å². The third kappa shape index (κ3) is 4.37. The van der Waals surface area contributed by atoms with Gasteiger partial charge >= 0.3 is 0 Å². The Morgan fingerprint density at radius 3 is 2.64 bits per heavy atom. The average molecular weight is 339 g/mol. The van der Waals surface area contributed by atoms with Gasteiger partial charge in [-0.2, -0.15) is 0 Å². The molecule has 2 heterocycles. The number of benzene rings is 1. The largest absolute Gasteiger partial charge is 0.349 e. The van der Waals surface area contributed by atoms with E-state index in [1.165, 1.54) is 0 Å². The molecule has 25 heavy (non-hydrogen) atoms. The second-order valence-electron chi connectivity index (χ2n) is 7.77. The van der Waals surface area contributed by atoms with Crippen LogP contribution in [-0.4, -0.2) is 41.5 Å². The average Bonchev–Trinajstić information content (AvgIpc) is 2.56.